The van der Waals surface area contributed by atoms with Crippen LogP contribution in [0.15, 0.2) is 139 Å². The Kier molecular flexibility index (Phi) is 7.19. The Morgan fingerprint density at radius 3 is 1.56 bits per heavy atom. The second kappa shape index (κ2) is 11.2. The average Bonchev–Trinajstić information content (AvgIpc) is 2.94. The van der Waals surface area contributed by atoms with Gasteiger partial charge in [-0.1, -0.05) is 109 Å². The zero-order valence-corrected chi connectivity index (χ0v) is 20.2. The van der Waals surface area contributed by atoms with Crippen molar-refractivity contribution >= 4 is 23.3 Å². The molecule has 0 aromatic heterocycles. The molecular formula is C33H29N3. The fourth-order valence-electron chi connectivity index (χ4n) is 4.37. The van der Waals surface area contributed by atoms with Gasteiger partial charge in [0.2, 0.25) is 0 Å². The summed E-state index contributed by atoms with van der Waals surface area (Å²) in [6.07, 6.45) is 3.48. The maximum atomic E-state index is 6.84. The van der Waals surface area contributed by atoms with Gasteiger partial charge in [-0.2, -0.15) is 5.10 Å². The number of nitrogens with two attached hydrogens (primary N) is 1. The summed E-state index contributed by atoms with van der Waals surface area (Å²) in [6, 6.07) is 45.6. The number of anilines is 3. The number of hydrogen-bond acceptors (Lipinski definition) is 3. The van der Waals surface area contributed by atoms with Gasteiger partial charge in [0.1, 0.15) is 0 Å². The van der Waals surface area contributed by atoms with Crippen LogP contribution in [-0.4, -0.2) is 6.21 Å². The zero-order chi connectivity index (χ0) is 24.6. The largest absolute Gasteiger partial charge is 0.398 e. The number of nitrogen functional groups attached to an aromatic ring is 1. The molecule has 0 saturated carbocycles. The predicted molar refractivity (Wildman–Crippen MR) is 152 cm³/mol. The van der Waals surface area contributed by atoms with Crippen LogP contribution < -0.4 is 10.7 Å². The van der Waals surface area contributed by atoms with E-state index in [4.69, 9.17) is 10.8 Å². The van der Waals surface area contributed by atoms with Gasteiger partial charge in [-0.3, -0.25) is 0 Å². The highest BCUT2D eigenvalue weighted by atomic mass is 15.5. The molecule has 0 heterocycles. The maximum absolute atomic E-state index is 6.84. The van der Waals surface area contributed by atoms with E-state index in [1.165, 1.54) is 16.7 Å². The Balaban J connectivity index is 1.53. The molecule has 176 valence electrons. The quantitative estimate of drug-likeness (QED) is 0.145. The molecule has 0 aliphatic heterocycles. The molecule has 0 amide bonds. The van der Waals surface area contributed by atoms with E-state index in [9.17, 15) is 0 Å². The normalized spacial score (nSPS) is 11.0. The molecule has 5 aromatic rings. The summed E-state index contributed by atoms with van der Waals surface area (Å²) < 4.78 is 0. The molecule has 5 rings (SSSR count). The van der Waals surface area contributed by atoms with Crippen LogP contribution in [0.3, 0.4) is 0 Å². The highest BCUT2D eigenvalue weighted by molar-refractivity contribution is 5.89. The standard InChI is InChI=1S/C33H29N3/c34-33-29(25-35-36(30-17-9-3-10-18-30)31-19-11-4-12-20-31)22-21-28(23-26-13-5-1-6-14-26)32(33)24-27-15-7-2-8-16-27/h1-22,25H,23-24,34H2. The first-order valence-corrected chi connectivity index (χ1v) is 12.2. The van der Waals surface area contributed by atoms with Crippen molar-refractivity contribution in [2.24, 2.45) is 5.10 Å². The van der Waals surface area contributed by atoms with Crippen molar-refractivity contribution in [1.29, 1.82) is 0 Å². The molecule has 0 radical (unpaired) electrons. The van der Waals surface area contributed by atoms with E-state index in [1.54, 1.807) is 0 Å². The SMILES string of the molecule is Nc1c(C=NN(c2ccccc2)c2ccccc2)ccc(Cc2ccccc2)c1Cc1ccccc1. The van der Waals surface area contributed by atoms with Crippen molar-refractivity contribution in [1.82, 2.24) is 0 Å². The van der Waals surface area contributed by atoms with Crippen molar-refractivity contribution in [3.63, 3.8) is 0 Å². The monoisotopic (exact) mass is 467 g/mol. The number of benzene rings is 5. The Bertz CT molecular complexity index is 1370. The smallest absolute Gasteiger partial charge is 0.0652 e. The lowest BCUT2D eigenvalue weighted by Crippen LogP contribution is -2.10. The summed E-state index contributed by atoms with van der Waals surface area (Å²) in [7, 11) is 0. The lowest BCUT2D eigenvalue weighted by molar-refractivity contribution is 1.08. The Morgan fingerprint density at radius 1 is 0.556 bits per heavy atom. The summed E-state index contributed by atoms with van der Waals surface area (Å²) in [5.74, 6) is 0. The van der Waals surface area contributed by atoms with Crippen LogP contribution in [0.1, 0.15) is 27.8 Å². The molecule has 0 unspecified atom stereocenters. The number of hydrogen-bond donors (Lipinski definition) is 1. The van der Waals surface area contributed by atoms with E-state index in [1.807, 2.05) is 59.8 Å². The maximum Gasteiger partial charge on any atom is 0.0652 e. The summed E-state index contributed by atoms with van der Waals surface area (Å²) in [5, 5.41) is 6.82. The van der Waals surface area contributed by atoms with Crippen LogP contribution >= 0.6 is 0 Å². The summed E-state index contributed by atoms with van der Waals surface area (Å²) in [5.41, 5.74) is 15.4. The van der Waals surface area contributed by atoms with E-state index in [-0.39, 0.29) is 0 Å². The van der Waals surface area contributed by atoms with Crippen molar-refractivity contribution in [3.8, 4) is 0 Å². The third kappa shape index (κ3) is 5.53. The third-order valence-electron chi connectivity index (χ3n) is 6.26. The van der Waals surface area contributed by atoms with Crippen LogP contribution in [0.5, 0.6) is 0 Å². The molecule has 0 fully saturated rings. The fraction of sp³-hybridized carbons (Fsp3) is 0.0606. The van der Waals surface area contributed by atoms with Crippen molar-refractivity contribution in [3.05, 3.63) is 161 Å². The van der Waals surface area contributed by atoms with Gasteiger partial charge in [0.15, 0.2) is 0 Å². The number of rotatable bonds is 8. The lowest BCUT2D eigenvalue weighted by atomic mass is 9.92. The summed E-state index contributed by atoms with van der Waals surface area (Å²) in [6.45, 7) is 0. The highest BCUT2D eigenvalue weighted by Crippen LogP contribution is 2.28. The van der Waals surface area contributed by atoms with E-state index in [0.29, 0.717) is 0 Å². The van der Waals surface area contributed by atoms with Crippen LogP contribution in [0.4, 0.5) is 17.1 Å². The number of para-hydroxylation sites is 2. The van der Waals surface area contributed by atoms with Crippen molar-refractivity contribution < 1.29 is 0 Å². The molecule has 0 aliphatic carbocycles. The first kappa shape index (κ1) is 23.1. The minimum atomic E-state index is 0.775. The highest BCUT2D eigenvalue weighted by Gasteiger charge is 2.13. The minimum absolute atomic E-state index is 0.775. The van der Waals surface area contributed by atoms with E-state index < -0.39 is 0 Å². The number of nitrogens with zero attached hydrogens (tertiary/aromatic N) is 2. The molecule has 0 bridgehead atoms. The van der Waals surface area contributed by atoms with Gasteiger partial charge in [0, 0.05) is 11.3 Å². The predicted octanol–water partition coefficient (Wildman–Crippen LogP) is 7.62. The fourth-order valence-corrected chi connectivity index (χ4v) is 4.37. The minimum Gasteiger partial charge on any atom is -0.398 e. The molecule has 2 N–H and O–H groups in total. The van der Waals surface area contributed by atoms with E-state index in [2.05, 4.69) is 84.9 Å². The third-order valence-corrected chi connectivity index (χ3v) is 6.26. The molecule has 0 atom stereocenters. The van der Waals surface area contributed by atoms with Gasteiger partial charge < -0.3 is 5.73 Å². The lowest BCUT2D eigenvalue weighted by Gasteiger charge is -2.20. The summed E-state index contributed by atoms with van der Waals surface area (Å²) >= 11 is 0. The van der Waals surface area contributed by atoms with Gasteiger partial charge in [-0.15, -0.1) is 0 Å². The van der Waals surface area contributed by atoms with Crippen LogP contribution in [-0.2, 0) is 12.8 Å². The molecular weight excluding hydrogens is 438 g/mol. The molecule has 0 spiro atoms. The second-order valence-corrected chi connectivity index (χ2v) is 8.76. The van der Waals surface area contributed by atoms with Gasteiger partial charge in [0.05, 0.1) is 17.6 Å². The summed E-state index contributed by atoms with van der Waals surface area (Å²) in [4.78, 5) is 0. The molecule has 3 nitrogen and oxygen atoms in total. The van der Waals surface area contributed by atoms with E-state index >= 15 is 0 Å². The molecule has 0 saturated heterocycles. The molecule has 3 heteroatoms. The molecule has 5 aromatic carbocycles. The first-order chi connectivity index (χ1) is 17.8. The zero-order valence-electron chi connectivity index (χ0n) is 20.2. The van der Waals surface area contributed by atoms with Gasteiger partial charge in [0.25, 0.3) is 0 Å². The van der Waals surface area contributed by atoms with Gasteiger partial charge in [-0.25, -0.2) is 5.01 Å². The Morgan fingerprint density at radius 2 is 1.03 bits per heavy atom. The number of hydrazone groups is 1. The van der Waals surface area contributed by atoms with Crippen LogP contribution in [0.2, 0.25) is 0 Å². The van der Waals surface area contributed by atoms with Crippen molar-refractivity contribution in [2.45, 2.75) is 12.8 Å². The van der Waals surface area contributed by atoms with Crippen LogP contribution in [0.25, 0.3) is 0 Å². The van der Waals surface area contributed by atoms with E-state index in [0.717, 1.165) is 41.0 Å². The van der Waals surface area contributed by atoms with Gasteiger partial charge >= 0.3 is 0 Å². The van der Waals surface area contributed by atoms with Gasteiger partial charge in [-0.05, 0) is 59.4 Å². The average molecular weight is 468 g/mol. The Hall–Kier alpha value is -4.63. The topological polar surface area (TPSA) is 41.6 Å². The molecule has 0 aliphatic rings. The first-order valence-electron chi connectivity index (χ1n) is 12.2. The van der Waals surface area contributed by atoms with Crippen LogP contribution in [0, 0.1) is 0 Å². The van der Waals surface area contributed by atoms with Crippen molar-refractivity contribution in [2.75, 3.05) is 10.7 Å². The Labute approximate surface area is 213 Å². The molecule has 36 heavy (non-hydrogen) atoms. The second-order valence-electron chi connectivity index (χ2n) is 8.76.